The maximum absolute atomic E-state index is 14.8. The van der Waals surface area contributed by atoms with Crippen LogP contribution in [0.15, 0.2) is 48.2 Å². The molecule has 2 N–H and O–H groups in total. The first-order valence-electron chi connectivity index (χ1n) is 12.8. The van der Waals surface area contributed by atoms with E-state index < -0.39 is 5.82 Å². The van der Waals surface area contributed by atoms with Crippen molar-refractivity contribution >= 4 is 28.6 Å². The molecule has 7 heteroatoms. The number of hydrogen-bond acceptors (Lipinski definition) is 5. The fourth-order valence-electron chi connectivity index (χ4n) is 5.83. The Morgan fingerprint density at radius 3 is 2.71 bits per heavy atom. The summed E-state index contributed by atoms with van der Waals surface area (Å²) < 4.78 is 14.8. The summed E-state index contributed by atoms with van der Waals surface area (Å²) in [6.07, 6.45) is 8.40. The summed E-state index contributed by atoms with van der Waals surface area (Å²) in [5.74, 6) is -0.393. The van der Waals surface area contributed by atoms with E-state index in [4.69, 9.17) is 11.6 Å². The maximum Gasteiger partial charge on any atom is 0.164 e. The van der Waals surface area contributed by atoms with Gasteiger partial charge in [-0.25, -0.2) is 4.39 Å². The van der Waals surface area contributed by atoms with Crippen LogP contribution in [0.1, 0.15) is 61.8 Å². The molecular weight excluding hydrogens is 461 g/mol. The Labute approximate surface area is 212 Å². The zero-order chi connectivity index (χ0) is 24.1. The zero-order valence-corrected chi connectivity index (χ0v) is 21.2. The first-order chi connectivity index (χ1) is 17.0. The third-order valence-electron chi connectivity index (χ3n) is 8.19. The van der Waals surface area contributed by atoms with Gasteiger partial charge in [-0.15, -0.1) is 5.53 Å². The molecule has 5 nitrogen and oxygen atoms in total. The predicted octanol–water partition coefficient (Wildman–Crippen LogP) is 6.03. The highest BCUT2D eigenvalue weighted by molar-refractivity contribution is 6.31. The summed E-state index contributed by atoms with van der Waals surface area (Å²) in [5.41, 5.74) is 11.4. The monoisotopic (exact) mass is 493 g/mol. The van der Waals surface area contributed by atoms with Gasteiger partial charge in [-0.05, 0) is 67.5 Å². The molecule has 0 saturated heterocycles. The van der Waals surface area contributed by atoms with Gasteiger partial charge >= 0.3 is 0 Å². The van der Waals surface area contributed by atoms with Crippen LogP contribution < -0.4 is 10.9 Å². The number of hydrogen-bond donors (Lipinski definition) is 2. The van der Waals surface area contributed by atoms with E-state index in [0.717, 1.165) is 38.5 Å². The lowest BCUT2D eigenvalue weighted by atomic mass is 9.88. The number of nitrogens with one attached hydrogen (secondary N) is 2. The minimum absolute atomic E-state index is 0.0356. The summed E-state index contributed by atoms with van der Waals surface area (Å²) in [6.45, 7) is 5.12. The van der Waals surface area contributed by atoms with Crippen LogP contribution >= 0.6 is 11.6 Å². The number of halogens is 2. The third-order valence-corrected chi connectivity index (χ3v) is 8.49. The van der Waals surface area contributed by atoms with Crippen molar-refractivity contribution in [3.05, 3.63) is 75.7 Å². The lowest BCUT2D eigenvalue weighted by molar-refractivity contribution is 0.141. The van der Waals surface area contributed by atoms with Crippen molar-refractivity contribution in [3.63, 3.8) is 0 Å². The quantitative estimate of drug-likeness (QED) is 0.543. The Kier molecular flexibility index (Phi) is 5.99. The Morgan fingerprint density at radius 1 is 1.11 bits per heavy atom. The van der Waals surface area contributed by atoms with Crippen molar-refractivity contribution in [3.8, 4) is 0 Å². The van der Waals surface area contributed by atoms with E-state index in [9.17, 15) is 4.39 Å². The van der Waals surface area contributed by atoms with Crippen LogP contribution in [-0.2, 0) is 0 Å². The van der Waals surface area contributed by atoms with Gasteiger partial charge in [0.15, 0.2) is 5.82 Å². The van der Waals surface area contributed by atoms with E-state index in [1.54, 1.807) is 18.2 Å². The molecule has 1 saturated carbocycles. The summed E-state index contributed by atoms with van der Waals surface area (Å²) in [6, 6.07) is 12.8. The number of allylic oxidation sites excluding steroid dienone is 1. The molecule has 1 aliphatic carbocycles. The standard InChI is InChI=1S/C28H33ClFN5/c1-18-28-22-10-9-20(19-11-14-34(15-12-19)21-5-3-6-21)17-23(22)25(13-16-35(28)32-33(18)2)31-26-8-4-7-24(29)27(26)30/h4,7-11,17,21,25,31-32H,3,5-6,12-16H2,1-2H3. The normalized spacial score (nSPS) is 23.0. The number of nitrogens with zero attached hydrogens (tertiary/aromatic N) is 3. The van der Waals surface area contributed by atoms with Gasteiger partial charge in [0, 0.05) is 38.3 Å². The molecule has 1 unspecified atom stereocenters. The number of rotatable bonds is 4. The lowest BCUT2D eigenvalue weighted by Gasteiger charge is -2.39. The Balaban J connectivity index is 1.38. The second kappa shape index (κ2) is 9.16. The van der Waals surface area contributed by atoms with Crippen molar-refractivity contribution in [1.82, 2.24) is 20.5 Å². The van der Waals surface area contributed by atoms with Crippen LogP contribution in [0, 0.1) is 5.82 Å². The number of anilines is 1. The highest BCUT2D eigenvalue weighted by Gasteiger charge is 2.33. The van der Waals surface area contributed by atoms with Crippen molar-refractivity contribution in [2.75, 3.05) is 32.0 Å². The summed E-state index contributed by atoms with van der Waals surface area (Å²) in [5, 5.41) is 7.91. The Bertz CT molecular complexity index is 1200. The molecule has 3 heterocycles. The molecule has 35 heavy (non-hydrogen) atoms. The highest BCUT2D eigenvalue weighted by atomic mass is 35.5. The molecule has 0 spiro atoms. The molecule has 0 amide bonds. The topological polar surface area (TPSA) is 33.8 Å². The van der Waals surface area contributed by atoms with Gasteiger partial charge in [0.05, 0.1) is 28.1 Å². The van der Waals surface area contributed by atoms with E-state index >= 15 is 0 Å². The number of hydrazine groups is 2. The van der Waals surface area contributed by atoms with Crippen molar-refractivity contribution in [2.45, 2.75) is 51.1 Å². The van der Waals surface area contributed by atoms with E-state index in [1.807, 2.05) is 7.05 Å². The number of fused-ring (bicyclic) bond motifs is 3. The molecule has 6 rings (SSSR count). The van der Waals surface area contributed by atoms with Gasteiger partial charge in [0.2, 0.25) is 0 Å². The van der Waals surface area contributed by atoms with Crippen LogP contribution in [0.5, 0.6) is 0 Å². The molecule has 0 bridgehead atoms. The Morgan fingerprint density at radius 2 is 1.97 bits per heavy atom. The van der Waals surface area contributed by atoms with Crippen LogP contribution in [0.4, 0.5) is 10.1 Å². The van der Waals surface area contributed by atoms with Crippen LogP contribution in [-0.4, -0.2) is 47.6 Å². The molecular formula is C28H33ClFN5. The fourth-order valence-corrected chi connectivity index (χ4v) is 6.00. The van der Waals surface area contributed by atoms with Gasteiger partial charge in [-0.1, -0.05) is 42.3 Å². The number of benzene rings is 2. The molecule has 2 aromatic carbocycles. The SMILES string of the molecule is CC1=C2c3ccc(C4=CCN(C5CCC5)CC4)cc3C(Nc3cccc(Cl)c3F)CCN2NN1C. The molecule has 184 valence electrons. The average Bonchev–Trinajstić information content (AvgIpc) is 3.02. The van der Waals surface area contributed by atoms with E-state index in [1.165, 1.54) is 52.9 Å². The van der Waals surface area contributed by atoms with Gasteiger partial charge in [-0.2, -0.15) is 0 Å². The second-order valence-electron chi connectivity index (χ2n) is 10.2. The predicted molar refractivity (Wildman–Crippen MR) is 141 cm³/mol. The van der Waals surface area contributed by atoms with Gasteiger partial charge in [0.1, 0.15) is 0 Å². The molecule has 1 atom stereocenters. The lowest BCUT2D eigenvalue weighted by Crippen LogP contribution is -2.42. The molecule has 1 fully saturated rings. The largest absolute Gasteiger partial charge is 0.376 e. The second-order valence-corrected chi connectivity index (χ2v) is 10.6. The van der Waals surface area contributed by atoms with E-state index in [0.29, 0.717) is 5.69 Å². The third kappa shape index (κ3) is 4.11. The van der Waals surface area contributed by atoms with Crippen molar-refractivity contribution < 1.29 is 4.39 Å². The molecule has 0 radical (unpaired) electrons. The summed E-state index contributed by atoms with van der Waals surface area (Å²) in [7, 11) is 2.04. The van der Waals surface area contributed by atoms with Crippen LogP contribution in [0.2, 0.25) is 5.02 Å². The van der Waals surface area contributed by atoms with Crippen molar-refractivity contribution in [1.29, 1.82) is 0 Å². The maximum atomic E-state index is 14.8. The zero-order valence-electron chi connectivity index (χ0n) is 20.5. The molecule has 0 aromatic heterocycles. The fraction of sp³-hybridized carbons (Fsp3) is 0.429. The van der Waals surface area contributed by atoms with Gasteiger partial charge in [0.25, 0.3) is 0 Å². The minimum atomic E-state index is -0.393. The average molecular weight is 494 g/mol. The van der Waals surface area contributed by atoms with Crippen LogP contribution in [0.25, 0.3) is 11.3 Å². The molecule has 3 aliphatic heterocycles. The van der Waals surface area contributed by atoms with Crippen LogP contribution in [0.3, 0.4) is 0 Å². The highest BCUT2D eigenvalue weighted by Crippen LogP contribution is 2.41. The first-order valence-corrected chi connectivity index (χ1v) is 13.1. The smallest absolute Gasteiger partial charge is 0.164 e. The summed E-state index contributed by atoms with van der Waals surface area (Å²) >= 11 is 6.09. The van der Waals surface area contributed by atoms with E-state index in [2.05, 4.69) is 57.0 Å². The van der Waals surface area contributed by atoms with Crippen molar-refractivity contribution in [2.24, 2.45) is 0 Å². The van der Waals surface area contributed by atoms with Gasteiger partial charge in [-0.3, -0.25) is 14.9 Å². The molecule has 4 aliphatic rings. The first kappa shape index (κ1) is 22.9. The van der Waals surface area contributed by atoms with Gasteiger partial charge < -0.3 is 5.32 Å². The Hall–Kier alpha value is -2.54. The van der Waals surface area contributed by atoms with E-state index in [-0.39, 0.29) is 11.1 Å². The summed E-state index contributed by atoms with van der Waals surface area (Å²) in [4.78, 5) is 2.63. The minimum Gasteiger partial charge on any atom is -0.376 e. The molecule has 2 aromatic rings.